The van der Waals surface area contributed by atoms with Crippen molar-refractivity contribution in [1.29, 1.82) is 0 Å². The van der Waals surface area contributed by atoms with Crippen LogP contribution in [0.2, 0.25) is 0 Å². The van der Waals surface area contributed by atoms with Gasteiger partial charge >= 0.3 is 76.2 Å². The molecule has 2 radical (unpaired) electrons. The first kappa shape index (κ1) is 87.2. The van der Waals surface area contributed by atoms with Crippen molar-refractivity contribution >= 4 is 76.2 Å². The molecule has 34 valence electrons. The molecule has 6 heavy (non-hydrogen) atoms. The molecular weight excluding hydrogens is 421 g/mol. The summed E-state index contributed by atoms with van der Waals surface area (Å²) in [6, 6.07) is 0. The van der Waals surface area contributed by atoms with Crippen molar-refractivity contribution in [2.45, 2.75) is 0 Å². The second-order valence-corrected chi connectivity index (χ2v) is 0. The van der Waals surface area contributed by atoms with E-state index >= 15 is 0 Å². The van der Waals surface area contributed by atoms with E-state index in [0.29, 0.717) is 0 Å². The monoisotopic (exact) mass is 422 g/mol. The Labute approximate surface area is 93.1 Å². The summed E-state index contributed by atoms with van der Waals surface area (Å²) in [5.74, 6) is 0. The molecule has 6 heteroatoms. The molecule has 0 atom stereocenters. The molecule has 0 aliphatic carbocycles. The third-order valence-corrected chi connectivity index (χ3v) is 0. The van der Waals surface area contributed by atoms with Gasteiger partial charge in [-0.3, -0.25) is 0 Å². The SMILES string of the molecule is [Ba+2].[F-].[F-].[F-].[F-].[Pb+2]. The number of hydrogen-bond donors (Lipinski definition) is 0. The Hall–Kier alpha value is 2.21. The maximum absolute atomic E-state index is 0. The molecule has 0 spiro atoms. The summed E-state index contributed by atoms with van der Waals surface area (Å²) in [6.07, 6.45) is 0. The predicted octanol–water partition coefficient (Wildman–Crippen LogP) is -12.7. The number of hydrogen-bond acceptors (Lipinski definition) is 0. The average Bonchev–Trinajstić information content (AvgIpc) is 0. The van der Waals surface area contributed by atoms with Gasteiger partial charge in [-0.1, -0.05) is 0 Å². The Morgan fingerprint density at radius 2 is 0.500 bits per heavy atom. The van der Waals surface area contributed by atoms with Crippen molar-refractivity contribution in [3.63, 3.8) is 0 Å². The van der Waals surface area contributed by atoms with Crippen LogP contribution in [0.15, 0.2) is 0 Å². The standard InChI is InChI=1S/Ba.4FH.Pb/h;4*1H;/q+2;;;;;+2/p-4. The van der Waals surface area contributed by atoms with E-state index in [9.17, 15) is 0 Å². The molecule has 0 unspecified atom stereocenters. The van der Waals surface area contributed by atoms with Crippen molar-refractivity contribution < 1.29 is 18.8 Å². The Morgan fingerprint density at radius 3 is 0.500 bits per heavy atom. The van der Waals surface area contributed by atoms with E-state index in [-0.39, 0.29) is 95.0 Å². The zero-order chi connectivity index (χ0) is 0. The van der Waals surface area contributed by atoms with Gasteiger partial charge in [0.05, 0.1) is 0 Å². The molecule has 0 heterocycles. The summed E-state index contributed by atoms with van der Waals surface area (Å²) in [5.41, 5.74) is 0. The Kier molecular flexibility index (Phi) is 826. The van der Waals surface area contributed by atoms with Crippen LogP contribution < -0.4 is 18.8 Å². The van der Waals surface area contributed by atoms with E-state index in [1.165, 1.54) is 0 Å². The van der Waals surface area contributed by atoms with Gasteiger partial charge in [-0.2, -0.15) is 0 Å². The zero-order valence-electron chi connectivity index (χ0n) is 2.72. The topological polar surface area (TPSA) is 0 Å². The Morgan fingerprint density at radius 1 is 0.500 bits per heavy atom. The quantitative estimate of drug-likeness (QED) is 0.270. The Bertz CT molecular complexity index is 7.51. The van der Waals surface area contributed by atoms with Crippen LogP contribution in [0.4, 0.5) is 0 Å². The molecule has 0 aromatic carbocycles. The van der Waals surface area contributed by atoms with Crippen molar-refractivity contribution in [3.05, 3.63) is 0 Å². The van der Waals surface area contributed by atoms with Crippen LogP contribution in [0, 0.1) is 0 Å². The summed E-state index contributed by atoms with van der Waals surface area (Å²) in [6.45, 7) is 0. The first-order chi connectivity index (χ1) is 0. The molecule has 0 aromatic heterocycles. The van der Waals surface area contributed by atoms with Crippen molar-refractivity contribution in [3.8, 4) is 0 Å². The van der Waals surface area contributed by atoms with Crippen molar-refractivity contribution in [2.24, 2.45) is 0 Å². The molecule has 0 nitrogen and oxygen atoms in total. The molecule has 0 aliphatic rings. The van der Waals surface area contributed by atoms with Crippen LogP contribution in [0.1, 0.15) is 0 Å². The van der Waals surface area contributed by atoms with E-state index in [2.05, 4.69) is 0 Å². The maximum atomic E-state index is 0. The van der Waals surface area contributed by atoms with Crippen LogP contribution in [-0.2, 0) is 0 Å². The van der Waals surface area contributed by atoms with Crippen LogP contribution in [0.5, 0.6) is 0 Å². The van der Waals surface area contributed by atoms with Gasteiger partial charge in [0.25, 0.3) is 0 Å². The maximum Gasteiger partial charge on any atom is 2.00 e. The minimum absolute atomic E-state index is 0. The average molecular weight is 421 g/mol. The minimum atomic E-state index is 0. The predicted molar refractivity (Wildman–Crippen MR) is 11.5 cm³/mol. The largest absolute Gasteiger partial charge is 2.00 e. The minimum Gasteiger partial charge on any atom is -1.00 e. The fourth-order valence-corrected chi connectivity index (χ4v) is 0. The number of halogens is 4. The van der Waals surface area contributed by atoms with E-state index in [1.54, 1.807) is 0 Å². The zero-order valence-corrected chi connectivity index (χ0v) is 11.0. The molecule has 0 saturated heterocycles. The van der Waals surface area contributed by atoms with Crippen LogP contribution in [0.25, 0.3) is 0 Å². The van der Waals surface area contributed by atoms with Crippen LogP contribution in [0.3, 0.4) is 0 Å². The van der Waals surface area contributed by atoms with E-state index in [4.69, 9.17) is 0 Å². The molecule has 0 amide bonds. The van der Waals surface area contributed by atoms with E-state index < -0.39 is 0 Å². The molecule has 0 bridgehead atoms. The first-order valence-electron chi connectivity index (χ1n) is 0. The first-order valence-corrected chi connectivity index (χ1v) is 0. The normalized spacial score (nSPS) is 0. The summed E-state index contributed by atoms with van der Waals surface area (Å²) in [5, 5.41) is 0. The summed E-state index contributed by atoms with van der Waals surface area (Å²) in [7, 11) is 0. The molecule has 0 fully saturated rings. The third kappa shape index (κ3) is 34.5. The molecular formula is BaF4Pb. The van der Waals surface area contributed by atoms with Gasteiger partial charge in [-0.25, -0.2) is 0 Å². The van der Waals surface area contributed by atoms with E-state index in [1.807, 2.05) is 0 Å². The third-order valence-electron chi connectivity index (χ3n) is 0. The van der Waals surface area contributed by atoms with E-state index in [0.717, 1.165) is 0 Å². The second kappa shape index (κ2) is 56.8. The van der Waals surface area contributed by atoms with Gasteiger partial charge in [0.15, 0.2) is 0 Å². The molecule has 0 N–H and O–H groups in total. The van der Waals surface area contributed by atoms with Gasteiger partial charge in [0.1, 0.15) is 0 Å². The summed E-state index contributed by atoms with van der Waals surface area (Å²) < 4.78 is 0. The fraction of sp³-hybridized carbons (Fsp3) is 0. The summed E-state index contributed by atoms with van der Waals surface area (Å²) >= 11 is 0. The Balaban J connectivity index is 0. The summed E-state index contributed by atoms with van der Waals surface area (Å²) in [4.78, 5) is 0. The fourth-order valence-electron chi connectivity index (χ4n) is 0. The van der Waals surface area contributed by atoms with Crippen LogP contribution >= 0.6 is 0 Å². The van der Waals surface area contributed by atoms with Gasteiger partial charge in [0, 0.05) is 0 Å². The smallest absolute Gasteiger partial charge is 1.00 e. The molecule has 0 aromatic rings. The number of rotatable bonds is 0. The molecule has 0 rings (SSSR count). The second-order valence-electron chi connectivity index (χ2n) is 0. The molecule has 0 saturated carbocycles. The van der Waals surface area contributed by atoms with Crippen molar-refractivity contribution in [2.75, 3.05) is 0 Å². The van der Waals surface area contributed by atoms with Gasteiger partial charge in [0.2, 0.25) is 0 Å². The van der Waals surface area contributed by atoms with Crippen molar-refractivity contribution in [1.82, 2.24) is 0 Å². The van der Waals surface area contributed by atoms with Gasteiger partial charge in [-0.15, -0.1) is 0 Å². The van der Waals surface area contributed by atoms with Gasteiger partial charge in [-0.05, 0) is 0 Å². The van der Waals surface area contributed by atoms with Gasteiger partial charge < -0.3 is 18.8 Å². The van der Waals surface area contributed by atoms with Crippen LogP contribution in [-0.4, -0.2) is 76.2 Å². The molecule has 0 aliphatic heterocycles.